The van der Waals surface area contributed by atoms with Crippen molar-refractivity contribution in [1.29, 1.82) is 0 Å². The van der Waals surface area contributed by atoms with Gasteiger partial charge in [-0.2, -0.15) is 0 Å². The molecule has 0 bridgehead atoms. The van der Waals surface area contributed by atoms with E-state index < -0.39 is 0 Å². The van der Waals surface area contributed by atoms with Gasteiger partial charge in [-0.1, -0.05) is 19.1 Å². The van der Waals surface area contributed by atoms with Gasteiger partial charge >= 0.3 is 0 Å². The van der Waals surface area contributed by atoms with Crippen LogP contribution in [0.25, 0.3) is 10.9 Å². The Morgan fingerprint density at radius 2 is 2.06 bits per heavy atom. The van der Waals surface area contributed by atoms with Crippen LogP contribution in [0, 0.1) is 0 Å². The van der Waals surface area contributed by atoms with Crippen LogP contribution in [-0.4, -0.2) is 17.0 Å². The number of pyridine rings is 1. The molecule has 4 nitrogen and oxygen atoms in total. The zero-order valence-electron chi connectivity index (χ0n) is 10.3. The van der Waals surface area contributed by atoms with Crippen LogP contribution in [0.1, 0.15) is 13.3 Å². The van der Waals surface area contributed by atoms with E-state index in [0.717, 1.165) is 11.9 Å². The molecule has 0 spiro atoms. The zero-order valence-corrected chi connectivity index (χ0v) is 10.3. The van der Waals surface area contributed by atoms with Crippen molar-refractivity contribution in [1.82, 2.24) is 9.88 Å². The number of nitrogens with zero attached hydrogens (tertiary/aromatic N) is 1. The molecule has 1 N–H and O–H groups in total. The molecular weight excluding hydrogens is 228 g/mol. The lowest BCUT2D eigenvalue weighted by Gasteiger charge is -2.10. The van der Waals surface area contributed by atoms with E-state index in [-0.39, 0.29) is 17.9 Å². The second-order valence-corrected chi connectivity index (χ2v) is 4.17. The molecule has 0 unspecified atom stereocenters. The van der Waals surface area contributed by atoms with E-state index in [2.05, 4.69) is 5.32 Å². The first-order chi connectivity index (χ1) is 8.72. The number of carbonyl (C=O) groups excluding carboxylic acids is 1. The van der Waals surface area contributed by atoms with Crippen molar-refractivity contribution >= 4 is 16.8 Å². The smallest absolute Gasteiger partial charge is 0.239 e. The Balaban J connectivity index is 2.32. The number of aromatic nitrogens is 1. The van der Waals surface area contributed by atoms with Gasteiger partial charge < -0.3 is 9.88 Å². The molecule has 0 fully saturated rings. The maximum absolute atomic E-state index is 11.7. The summed E-state index contributed by atoms with van der Waals surface area (Å²) in [5.41, 5.74) is 0.771. The Hall–Kier alpha value is -2.10. The molecule has 0 aliphatic rings. The van der Waals surface area contributed by atoms with E-state index in [1.807, 2.05) is 25.1 Å². The molecule has 94 valence electrons. The highest BCUT2D eigenvalue weighted by molar-refractivity contribution is 5.82. The highest BCUT2D eigenvalue weighted by atomic mass is 16.2. The van der Waals surface area contributed by atoms with Crippen LogP contribution >= 0.6 is 0 Å². The zero-order chi connectivity index (χ0) is 13.0. The quantitative estimate of drug-likeness (QED) is 0.886. The predicted octanol–water partition coefficient (Wildman–Crippen LogP) is 1.53. The average molecular weight is 244 g/mol. The number of nitrogens with one attached hydrogen (secondary N) is 1. The summed E-state index contributed by atoms with van der Waals surface area (Å²) >= 11 is 0. The molecule has 1 amide bonds. The Kier molecular flexibility index (Phi) is 3.77. The van der Waals surface area contributed by atoms with Gasteiger partial charge in [-0.3, -0.25) is 9.59 Å². The summed E-state index contributed by atoms with van der Waals surface area (Å²) < 4.78 is 1.79. The van der Waals surface area contributed by atoms with E-state index in [4.69, 9.17) is 0 Å². The Morgan fingerprint density at radius 3 is 2.83 bits per heavy atom. The van der Waals surface area contributed by atoms with Gasteiger partial charge in [0.05, 0.1) is 5.52 Å². The van der Waals surface area contributed by atoms with Crippen LogP contribution < -0.4 is 10.7 Å². The van der Waals surface area contributed by atoms with Crippen molar-refractivity contribution in [2.75, 3.05) is 6.54 Å². The third kappa shape index (κ3) is 2.59. The van der Waals surface area contributed by atoms with Crippen molar-refractivity contribution in [2.45, 2.75) is 19.9 Å². The number of fused-ring (bicyclic) bond motifs is 1. The second-order valence-electron chi connectivity index (χ2n) is 4.17. The molecule has 4 heteroatoms. The van der Waals surface area contributed by atoms with Crippen molar-refractivity contribution in [2.24, 2.45) is 0 Å². The minimum absolute atomic E-state index is 0.0178. The lowest BCUT2D eigenvalue weighted by molar-refractivity contribution is -0.121. The molecule has 0 aliphatic carbocycles. The van der Waals surface area contributed by atoms with Crippen LogP contribution in [0.15, 0.2) is 41.3 Å². The van der Waals surface area contributed by atoms with Gasteiger partial charge in [0.25, 0.3) is 0 Å². The molecular formula is C14H16N2O2. The molecule has 0 radical (unpaired) electrons. The predicted molar refractivity (Wildman–Crippen MR) is 71.5 cm³/mol. The number of amides is 1. The highest BCUT2D eigenvalue weighted by Crippen LogP contribution is 2.08. The number of carbonyl (C=O) groups is 1. The largest absolute Gasteiger partial charge is 0.355 e. The van der Waals surface area contributed by atoms with Gasteiger partial charge in [0, 0.05) is 24.2 Å². The van der Waals surface area contributed by atoms with Crippen LogP contribution in [0.4, 0.5) is 0 Å². The van der Waals surface area contributed by atoms with Crippen molar-refractivity contribution < 1.29 is 4.79 Å². The first kappa shape index (κ1) is 12.4. The molecule has 18 heavy (non-hydrogen) atoms. The monoisotopic (exact) mass is 244 g/mol. The van der Waals surface area contributed by atoms with E-state index in [1.165, 1.54) is 6.07 Å². The summed E-state index contributed by atoms with van der Waals surface area (Å²) in [4.78, 5) is 23.4. The van der Waals surface area contributed by atoms with Gasteiger partial charge in [0.2, 0.25) is 5.91 Å². The second kappa shape index (κ2) is 5.49. The summed E-state index contributed by atoms with van der Waals surface area (Å²) in [6.07, 6.45) is 2.58. The molecule has 0 atom stereocenters. The van der Waals surface area contributed by atoms with Crippen LogP contribution in [0.3, 0.4) is 0 Å². The molecule has 0 saturated carbocycles. The Bertz CT molecular complexity index is 616. The summed E-state index contributed by atoms with van der Waals surface area (Å²) in [5.74, 6) is -0.0364. The van der Waals surface area contributed by atoms with Crippen molar-refractivity contribution in [3.8, 4) is 0 Å². The van der Waals surface area contributed by atoms with Gasteiger partial charge in [0.1, 0.15) is 6.54 Å². The minimum atomic E-state index is -0.0364. The molecule has 2 aromatic rings. The summed E-state index contributed by atoms with van der Waals surface area (Å²) in [6, 6.07) is 8.81. The van der Waals surface area contributed by atoms with Gasteiger partial charge in [-0.25, -0.2) is 0 Å². The standard InChI is InChI=1S/C14H16N2O2/c1-2-8-15-14(18)10-16-9-7-13(17)11-5-3-4-6-12(11)16/h3-7,9H,2,8,10H2,1H3,(H,15,18). The number of para-hydroxylation sites is 1. The maximum Gasteiger partial charge on any atom is 0.239 e. The highest BCUT2D eigenvalue weighted by Gasteiger charge is 2.05. The topological polar surface area (TPSA) is 51.1 Å². The fraction of sp³-hybridized carbons (Fsp3) is 0.286. The lowest BCUT2D eigenvalue weighted by atomic mass is 10.2. The normalized spacial score (nSPS) is 10.5. The fourth-order valence-electron chi connectivity index (χ4n) is 1.87. The fourth-order valence-corrected chi connectivity index (χ4v) is 1.87. The first-order valence-corrected chi connectivity index (χ1v) is 6.07. The van der Waals surface area contributed by atoms with E-state index >= 15 is 0 Å². The molecule has 1 heterocycles. The first-order valence-electron chi connectivity index (χ1n) is 6.07. The van der Waals surface area contributed by atoms with Crippen LogP contribution in [-0.2, 0) is 11.3 Å². The minimum Gasteiger partial charge on any atom is -0.355 e. The Morgan fingerprint density at radius 1 is 1.28 bits per heavy atom. The molecule has 0 saturated heterocycles. The van der Waals surface area contributed by atoms with E-state index in [1.54, 1.807) is 16.8 Å². The number of hydrogen-bond acceptors (Lipinski definition) is 2. The van der Waals surface area contributed by atoms with E-state index in [0.29, 0.717) is 11.9 Å². The van der Waals surface area contributed by atoms with Crippen LogP contribution in [0.5, 0.6) is 0 Å². The van der Waals surface area contributed by atoms with Gasteiger partial charge in [-0.15, -0.1) is 0 Å². The lowest BCUT2D eigenvalue weighted by Crippen LogP contribution is -2.28. The van der Waals surface area contributed by atoms with E-state index in [9.17, 15) is 9.59 Å². The van der Waals surface area contributed by atoms with Crippen molar-refractivity contribution in [3.05, 3.63) is 46.8 Å². The number of rotatable bonds is 4. The third-order valence-corrected chi connectivity index (χ3v) is 2.77. The number of benzene rings is 1. The molecule has 1 aromatic carbocycles. The summed E-state index contributed by atoms with van der Waals surface area (Å²) in [5, 5.41) is 3.46. The molecule has 1 aromatic heterocycles. The van der Waals surface area contributed by atoms with Crippen molar-refractivity contribution in [3.63, 3.8) is 0 Å². The average Bonchev–Trinajstić information content (AvgIpc) is 2.40. The summed E-state index contributed by atoms with van der Waals surface area (Å²) in [6.45, 7) is 2.92. The molecule has 2 rings (SSSR count). The van der Waals surface area contributed by atoms with Gasteiger partial charge in [0.15, 0.2) is 5.43 Å². The van der Waals surface area contributed by atoms with Gasteiger partial charge in [-0.05, 0) is 18.6 Å². The summed E-state index contributed by atoms with van der Waals surface area (Å²) in [7, 11) is 0. The number of hydrogen-bond donors (Lipinski definition) is 1. The maximum atomic E-state index is 11.7. The molecule has 0 aliphatic heterocycles. The third-order valence-electron chi connectivity index (χ3n) is 2.77. The SMILES string of the molecule is CCCNC(=O)Cn1ccc(=O)c2ccccc21. The van der Waals surface area contributed by atoms with Crippen LogP contribution in [0.2, 0.25) is 0 Å². The Labute approximate surface area is 105 Å².